The minimum Gasteiger partial charge on any atom is -0.351 e. The Balaban J connectivity index is 2.13. The van der Waals surface area contributed by atoms with Crippen molar-refractivity contribution in [2.75, 3.05) is 13.1 Å². The summed E-state index contributed by atoms with van der Waals surface area (Å²) in [4.78, 5) is 16.3. The molecule has 1 heterocycles. The number of benzene rings is 1. The molecule has 1 aromatic carbocycles. The largest absolute Gasteiger partial charge is 0.351 e. The van der Waals surface area contributed by atoms with Crippen molar-refractivity contribution in [3.63, 3.8) is 0 Å². The number of hydrogen-bond acceptors (Lipinski definition) is 3. The van der Waals surface area contributed by atoms with E-state index in [2.05, 4.69) is 10.3 Å². The summed E-state index contributed by atoms with van der Waals surface area (Å²) in [6.07, 6.45) is 1.74. The molecule has 0 aliphatic carbocycles. The summed E-state index contributed by atoms with van der Waals surface area (Å²) in [6.45, 7) is 5.14. The highest BCUT2D eigenvalue weighted by molar-refractivity contribution is 5.97. The van der Waals surface area contributed by atoms with E-state index in [1.807, 2.05) is 37.6 Å². The number of imidazole rings is 1. The van der Waals surface area contributed by atoms with E-state index in [0.717, 1.165) is 11.0 Å². The van der Waals surface area contributed by atoms with Gasteiger partial charge in [0.05, 0.1) is 17.4 Å². The summed E-state index contributed by atoms with van der Waals surface area (Å²) in [5, 5.41) is 2.91. The number of hydrogen-bond donors (Lipinski definition) is 2. The molecular weight excluding hydrogens is 240 g/mol. The second-order valence-electron chi connectivity index (χ2n) is 5.61. The molecule has 0 aliphatic rings. The summed E-state index contributed by atoms with van der Waals surface area (Å²) in [7, 11) is 1.93. The van der Waals surface area contributed by atoms with Gasteiger partial charge < -0.3 is 15.6 Å². The Morgan fingerprint density at radius 2 is 2.21 bits per heavy atom. The third kappa shape index (κ3) is 2.93. The standard InChI is InChI=1S/C14H20N4O/c1-14(2,7-15)8-16-13(19)10-4-5-12-11(6-10)17-9-18(12)3/h4-6,9H,7-8,15H2,1-3H3,(H,16,19). The molecule has 0 spiro atoms. The van der Waals surface area contributed by atoms with Crippen molar-refractivity contribution in [3.05, 3.63) is 30.1 Å². The molecule has 5 nitrogen and oxygen atoms in total. The van der Waals surface area contributed by atoms with E-state index < -0.39 is 0 Å². The first-order valence-electron chi connectivity index (χ1n) is 6.32. The molecule has 0 unspecified atom stereocenters. The number of fused-ring (bicyclic) bond motifs is 1. The lowest BCUT2D eigenvalue weighted by molar-refractivity contribution is 0.0938. The van der Waals surface area contributed by atoms with Crippen LogP contribution < -0.4 is 11.1 Å². The second-order valence-corrected chi connectivity index (χ2v) is 5.61. The maximum absolute atomic E-state index is 12.1. The third-order valence-electron chi connectivity index (χ3n) is 3.27. The maximum atomic E-state index is 12.1. The first kappa shape index (κ1) is 13.5. The van der Waals surface area contributed by atoms with Crippen LogP contribution in [-0.4, -0.2) is 28.5 Å². The molecular formula is C14H20N4O. The van der Waals surface area contributed by atoms with Crippen LogP contribution in [0.1, 0.15) is 24.2 Å². The normalized spacial score (nSPS) is 11.8. The van der Waals surface area contributed by atoms with Gasteiger partial charge in [-0.1, -0.05) is 13.8 Å². The molecule has 19 heavy (non-hydrogen) atoms. The van der Waals surface area contributed by atoms with Gasteiger partial charge in [0.15, 0.2) is 0 Å². The van der Waals surface area contributed by atoms with E-state index in [4.69, 9.17) is 5.73 Å². The lowest BCUT2D eigenvalue weighted by atomic mass is 9.94. The molecule has 0 fully saturated rings. The average molecular weight is 260 g/mol. The smallest absolute Gasteiger partial charge is 0.251 e. The van der Waals surface area contributed by atoms with Crippen LogP contribution in [0.25, 0.3) is 11.0 Å². The summed E-state index contributed by atoms with van der Waals surface area (Å²) < 4.78 is 1.93. The minimum absolute atomic E-state index is 0.0888. The number of nitrogens with two attached hydrogens (primary N) is 1. The van der Waals surface area contributed by atoms with Crippen molar-refractivity contribution in [1.82, 2.24) is 14.9 Å². The zero-order valence-electron chi connectivity index (χ0n) is 11.6. The zero-order chi connectivity index (χ0) is 14.0. The van der Waals surface area contributed by atoms with Crippen molar-refractivity contribution in [2.45, 2.75) is 13.8 Å². The van der Waals surface area contributed by atoms with Crippen LogP contribution in [-0.2, 0) is 7.05 Å². The van der Waals surface area contributed by atoms with Crippen LogP contribution in [0.15, 0.2) is 24.5 Å². The lowest BCUT2D eigenvalue weighted by Gasteiger charge is -2.22. The van der Waals surface area contributed by atoms with Gasteiger partial charge in [-0.3, -0.25) is 4.79 Å². The molecule has 0 bridgehead atoms. The van der Waals surface area contributed by atoms with Crippen molar-refractivity contribution in [3.8, 4) is 0 Å². The number of carbonyl (C=O) groups is 1. The predicted molar refractivity (Wildman–Crippen MR) is 75.9 cm³/mol. The van der Waals surface area contributed by atoms with Crippen molar-refractivity contribution in [2.24, 2.45) is 18.2 Å². The second kappa shape index (κ2) is 5.01. The van der Waals surface area contributed by atoms with Gasteiger partial charge in [-0.25, -0.2) is 4.98 Å². The SMILES string of the molecule is Cn1cnc2cc(C(=O)NCC(C)(C)CN)ccc21. The van der Waals surface area contributed by atoms with Gasteiger partial charge in [0, 0.05) is 19.2 Å². The molecule has 1 aromatic heterocycles. The predicted octanol–water partition coefficient (Wildman–Crippen LogP) is 1.29. The van der Waals surface area contributed by atoms with Gasteiger partial charge >= 0.3 is 0 Å². The highest BCUT2D eigenvalue weighted by Gasteiger charge is 2.17. The molecule has 102 valence electrons. The number of amides is 1. The van der Waals surface area contributed by atoms with Crippen LogP contribution in [0.3, 0.4) is 0 Å². The number of aryl methyl sites for hydroxylation is 1. The van der Waals surface area contributed by atoms with E-state index in [0.29, 0.717) is 18.7 Å². The van der Waals surface area contributed by atoms with Crippen LogP contribution in [0.4, 0.5) is 0 Å². The molecule has 0 saturated heterocycles. The Hall–Kier alpha value is -1.88. The summed E-state index contributed by atoms with van der Waals surface area (Å²) in [5.41, 5.74) is 8.02. The van der Waals surface area contributed by atoms with E-state index in [9.17, 15) is 4.79 Å². The minimum atomic E-state index is -0.0925. The fourth-order valence-electron chi connectivity index (χ4n) is 1.77. The Kier molecular flexibility index (Phi) is 3.57. The van der Waals surface area contributed by atoms with Gasteiger partial charge in [0.1, 0.15) is 0 Å². The molecule has 1 amide bonds. The van der Waals surface area contributed by atoms with Gasteiger partial charge in [-0.15, -0.1) is 0 Å². The summed E-state index contributed by atoms with van der Waals surface area (Å²) in [6, 6.07) is 5.53. The molecule has 2 rings (SSSR count). The van der Waals surface area contributed by atoms with E-state index in [1.54, 1.807) is 12.4 Å². The molecule has 0 atom stereocenters. The Morgan fingerprint density at radius 1 is 1.47 bits per heavy atom. The van der Waals surface area contributed by atoms with Gasteiger partial charge in [0.2, 0.25) is 0 Å². The number of nitrogens with one attached hydrogen (secondary N) is 1. The fraction of sp³-hybridized carbons (Fsp3) is 0.429. The topological polar surface area (TPSA) is 72.9 Å². The van der Waals surface area contributed by atoms with Gasteiger partial charge in [0.25, 0.3) is 5.91 Å². The number of nitrogens with zero attached hydrogens (tertiary/aromatic N) is 2. The number of aromatic nitrogens is 2. The zero-order valence-corrected chi connectivity index (χ0v) is 11.6. The lowest BCUT2D eigenvalue weighted by Crippen LogP contribution is -2.38. The van der Waals surface area contributed by atoms with E-state index >= 15 is 0 Å². The molecule has 0 radical (unpaired) electrons. The van der Waals surface area contributed by atoms with Crippen LogP contribution in [0, 0.1) is 5.41 Å². The monoisotopic (exact) mass is 260 g/mol. The molecule has 3 N–H and O–H groups in total. The molecule has 0 saturated carbocycles. The van der Waals surface area contributed by atoms with Gasteiger partial charge in [-0.2, -0.15) is 0 Å². The Bertz CT molecular complexity index is 601. The van der Waals surface area contributed by atoms with E-state index in [1.165, 1.54) is 0 Å². The quantitative estimate of drug-likeness (QED) is 0.870. The van der Waals surface area contributed by atoms with Crippen LogP contribution >= 0.6 is 0 Å². The molecule has 2 aromatic rings. The first-order chi connectivity index (χ1) is 8.93. The fourth-order valence-corrected chi connectivity index (χ4v) is 1.77. The molecule has 5 heteroatoms. The average Bonchev–Trinajstić information content (AvgIpc) is 2.77. The number of carbonyl (C=O) groups excluding carboxylic acids is 1. The summed E-state index contributed by atoms with van der Waals surface area (Å²) in [5.74, 6) is -0.0888. The van der Waals surface area contributed by atoms with E-state index in [-0.39, 0.29) is 11.3 Å². The maximum Gasteiger partial charge on any atom is 0.251 e. The third-order valence-corrected chi connectivity index (χ3v) is 3.27. The highest BCUT2D eigenvalue weighted by Crippen LogP contribution is 2.15. The van der Waals surface area contributed by atoms with Crippen molar-refractivity contribution in [1.29, 1.82) is 0 Å². The van der Waals surface area contributed by atoms with Gasteiger partial charge in [-0.05, 0) is 30.2 Å². The van der Waals surface area contributed by atoms with Crippen LogP contribution in [0.2, 0.25) is 0 Å². The number of rotatable bonds is 4. The Morgan fingerprint density at radius 3 is 2.89 bits per heavy atom. The van der Waals surface area contributed by atoms with Crippen molar-refractivity contribution >= 4 is 16.9 Å². The summed E-state index contributed by atoms with van der Waals surface area (Å²) >= 11 is 0. The molecule has 0 aliphatic heterocycles. The van der Waals surface area contributed by atoms with Crippen molar-refractivity contribution < 1.29 is 4.79 Å². The Labute approximate surface area is 112 Å². The van der Waals surface area contributed by atoms with Crippen LogP contribution in [0.5, 0.6) is 0 Å². The highest BCUT2D eigenvalue weighted by atomic mass is 16.1. The first-order valence-corrected chi connectivity index (χ1v) is 6.32.